The quantitative estimate of drug-likeness (QED) is 0.702. The highest BCUT2D eigenvalue weighted by Crippen LogP contribution is 2.27. The Kier molecular flexibility index (Phi) is 5.88. The topological polar surface area (TPSA) is 78.5 Å². The van der Waals surface area contributed by atoms with Gasteiger partial charge in [0.25, 0.3) is 5.91 Å². The van der Waals surface area contributed by atoms with Crippen molar-refractivity contribution >= 4 is 35.1 Å². The van der Waals surface area contributed by atoms with E-state index in [-0.39, 0.29) is 10.7 Å². The zero-order valence-electron chi connectivity index (χ0n) is 16.0. The fourth-order valence-electron chi connectivity index (χ4n) is 3.21. The Bertz CT molecular complexity index is 953. The average molecular weight is 418 g/mol. The Labute approximate surface area is 173 Å². The van der Waals surface area contributed by atoms with Crippen LogP contribution in [0.5, 0.6) is 0 Å². The van der Waals surface area contributed by atoms with Crippen LogP contribution in [-0.2, 0) is 16.0 Å². The van der Waals surface area contributed by atoms with E-state index < -0.39 is 35.2 Å². The highest BCUT2D eigenvalue weighted by Gasteiger charge is 2.50. The van der Waals surface area contributed by atoms with Gasteiger partial charge in [0, 0.05) is 0 Å². The Hall–Kier alpha value is -2.93. The van der Waals surface area contributed by atoms with Crippen molar-refractivity contribution in [1.82, 2.24) is 10.2 Å². The molecular weight excluding hydrogens is 397 g/mol. The van der Waals surface area contributed by atoms with Crippen LogP contribution in [0.1, 0.15) is 25.8 Å². The lowest BCUT2D eigenvalue weighted by Gasteiger charge is -2.24. The second kappa shape index (κ2) is 8.21. The van der Waals surface area contributed by atoms with Crippen molar-refractivity contribution in [3.8, 4) is 0 Å². The van der Waals surface area contributed by atoms with E-state index in [4.69, 9.17) is 11.6 Å². The molecule has 1 saturated heterocycles. The molecule has 3 rings (SSSR count). The average Bonchev–Trinajstić information content (AvgIpc) is 2.91. The number of benzene rings is 2. The molecule has 0 unspecified atom stereocenters. The summed E-state index contributed by atoms with van der Waals surface area (Å²) in [5.74, 6) is -1.61. The number of rotatable bonds is 6. The fraction of sp³-hybridized carbons (Fsp3) is 0.286. The molecule has 1 aliphatic rings. The molecule has 0 spiro atoms. The van der Waals surface area contributed by atoms with Gasteiger partial charge in [-0.3, -0.25) is 9.59 Å². The van der Waals surface area contributed by atoms with Crippen LogP contribution < -0.4 is 10.6 Å². The minimum Gasteiger partial charge on any atom is -0.323 e. The number of hydrogen-bond acceptors (Lipinski definition) is 3. The maximum absolute atomic E-state index is 13.2. The lowest BCUT2D eigenvalue weighted by Crippen LogP contribution is -2.48. The number of nitrogens with one attached hydrogen (secondary N) is 2. The van der Waals surface area contributed by atoms with Gasteiger partial charge >= 0.3 is 6.03 Å². The molecule has 4 amide bonds. The number of nitrogens with zero attached hydrogens (tertiary/aromatic N) is 1. The minimum absolute atomic E-state index is 0.0236. The van der Waals surface area contributed by atoms with Gasteiger partial charge in [0.05, 0.1) is 10.7 Å². The first kappa shape index (κ1) is 20.8. The van der Waals surface area contributed by atoms with Crippen LogP contribution in [0.2, 0.25) is 5.02 Å². The molecule has 1 fully saturated rings. The summed E-state index contributed by atoms with van der Waals surface area (Å²) in [5.41, 5.74) is 0.143. The largest absolute Gasteiger partial charge is 0.325 e. The third kappa shape index (κ3) is 4.40. The molecule has 0 aliphatic carbocycles. The van der Waals surface area contributed by atoms with Gasteiger partial charge < -0.3 is 10.6 Å². The number of urea groups is 1. The van der Waals surface area contributed by atoms with E-state index in [1.165, 1.54) is 13.0 Å². The van der Waals surface area contributed by atoms with Gasteiger partial charge in [-0.05, 0) is 50.5 Å². The summed E-state index contributed by atoms with van der Waals surface area (Å²) in [6.07, 6.45) is 0.999. The van der Waals surface area contributed by atoms with E-state index in [1.54, 1.807) is 6.92 Å². The van der Waals surface area contributed by atoms with E-state index in [0.717, 1.165) is 22.6 Å². The number of amides is 4. The van der Waals surface area contributed by atoms with Crippen molar-refractivity contribution < 1.29 is 18.8 Å². The van der Waals surface area contributed by atoms with Crippen LogP contribution in [-0.4, -0.2) is 34.3 Å². The summed E-state index contributed by atoms with van der Waals surface area (Å²) in [4.78, 5) is 38.9. The van der Waals surface area contributed by atoms with Crippen molar-refractivity contribution in [2.75, 3.05) is 5.32 Å². The smallest absolute Gasteiger partial charge is 0.323 e. The summed E-state index contributed by atoms with van der Waals surface area (Å²) < 4.78 is 13.2. The number of aryl methyl sites for hydroxylation is 1. The molecule has 2 aromatic rings. The molecule has 0 aromatic heterocycles. The third-order valence-electron chi connectivity index (χ3n) is 5.00. The summed E-state index contributed by atoms with van der Waals surface area (Å²) in [7, 11) is 0. The van der Waals surface area contributed by atoms with Crippen LogP contribution in [0.4, 0.5) is 14.9 Å². The molecule has 1 heterocycles. The second-order valence-corrected chi connectivity index (χ2v) is 7.62. The van der Waals surface area contributed by atoms with Gasteiger partial charge in [-0.2, -0.15) is 0 Å². The lowest BCUT2D eigenvalue weighted by molar-refractivity contribution is -0.136. The van der Waals surface area contributed by atoms with Gasteiger partial charge in [-0.1, -0.05) is 41.9 Å². The first-order chi connectivity index (χ1) is 13.7. The molecule has 2 atom stereocenters. The summed E-state index contributed by atoms with van der Waals surface area (Å²) in [6.45, 7) is 3.10. The molecule has 0 saturated carbocycles. The number of hydrogen-bond donors (Lipinski definition) is 2. The van der Waals surface area contributed by atoms with Crippen LogP contribution in [0.3, 0.4) is 0 Å². The minimum atomic E-state index is -1.10. The normalized spacial score (nSPS) is 19.8. The van der Waals surface area contributed by atoms with Crippen molar-refractivity contribution in [3.63, 3.8) is 0 Å². The van der Waals surface area contributed by atoms with E-state index >= 15 is 0 Å². The monoisotopic (exact) mass is 417 g/mol. The molecule has 6 nitrogen and oxygen atoms in total. The second-order valence-electron chi connectivity index (χ2n) is 7.21. The molecule has 29 heavy (non-hydrogen) atoms. The molecule has 2 aromatic carbocycles. The zero-order chi connectivity index (χ0) is 21.2. The molecular formula is C21H21ClFN3O3. The highest BCUT2D eigenvalue weighted by atomic mass is 35.5. The van der Waals surface area contributed by atoms with Crippen molar-refractivity contribution in [3.05, 3.63) is 64.9 Å². The Morgan fingerprint density at radius 3 is 2.59 bits per heavy atom. The van der Waals surface area contributed by atoms with Gasteiger partial charge in [0.1, 0.15) is 17.4 Å². The van der Waals surface area contributed by atoms with E-state index in [0.29, 0.717) is 12.8 Å². The lowest BCUT2D eigenvalue weighted by atomic mass is 9.93. The van der Waals surface area contributed by atoms with E-state index in [2.05, 4.69) is 10.6 Å². The number of anilines is 1. The Morgan fingerprint density at radius 1 is 1.24 bits per heavy atom. The van der Waals surface area contributed by atoms with Crippen LogP contribution in [0.15, 0.2) is 48.5 Å². The number of carbonyl (C=O) groups is 3. The molecule has 8 heteroatoms. The number of halogens is 2. The number of imide groups is 1. The molecule has 1 aliphatic heterocycles. The first-order valence-corrected chi connectivity index (χ1v) is 9.55. The van der Waals surface area contributed by atoms with Crippen LogP contribution in [0, 0.1) is 5.82 Å². The van der Waals surface area contributed by atoms with Gasteiger partial charge in [-0.25, -0.2) is 14.1 Å². The zero-order valence-corrected chi connectivity index (χ0v) is 16.8. The third-order valence-corrected chi connectivity index (χ3v) is 5.32. The maximum atomic E-state index is 13.2. The molecule has 0 radical (unpaired) electrons. The predicted octanol–water partition coefficient (Wildman–Crippen LogP) is 3.75. The van der Waals surface area contributed by atoms with E-state index in [9.17, 15) is 18.8 Å². The number of carbonyl (C=O) groups excluding carboxylic acids is 3. The Balaban J connectivity index is 1.70. The van der Waals surface area contributed by atoms with Crippen LogP contribution >= 0.6 is 11.6 Å². The van der Waals surface area contributed by atoms with Gasteiger partial charge in [0.15, 0.2) is 0 Å². The summed E-state index contributed by atoms with van der Waals surface area (Å²) in [6, 6.07) is 11.5. The van der Waals surface area contributed by atoms with Crippen LogP contribution in [0.25, 0.3) is 0 Å². The van der Waals surface area contributed by atoms with Gasteiger partial charge in [-0.15, -0.1) is 0 Å². The molecule has 2 N–H and O–H groups in total. The SMILES string of the molecule is C[C@@H](C(=O)Nc1ccc(F)cc1Cl)N1C(=O)N[C@](C)(CCc2ccccc2)C1=O. The highest BCUT2D eigenvalue weighted by molar-refractivity contribution is 6.33. The molecule has 0 bridgehead atoms. The van der Waals surface area contributed by atoms with Crippen molar-refractivity contribution in [2.45, 2.75) is 38.3 Å². The standard InChI is InChI=1S/C21H21ClFN3O3/c1-13(18(27)24-17-9-8-15(23)12-16(17)22)26-19(28)21(2,25-20(26)29)11-10-14-6-4-3-5-7-14/h3-9,12-13H,10-11H2,1-2H3,(H,24,27)(H,25,29)/t13-,21+/m0/s1. The summed E-state index contributed by atoms with van der Waals surface area (Å²) in [5, 5.41) is 5.25. The van der Waals surface area contributed by atoms with E-state index in [1.807, 2.05) is 30.3 Å². The van der Waals surface area contributed by atoms with Crippen molar-refractivity contribution in [2.24, 2.45) is 0 Å². The van der Waals surface area contributed by atoms with Gasteiger partial charge in [0.2, 0.25) is 5.91 Å². The van der Waals surface area contributed by atoms with Crippen molar-refractivity contribution in [1.29, 1.82) is 0 Å². The first-order valence-electron chi connectivity index (χ1n) is 9.17. The fourth-order valence-corrected chi connectivity index (χ4v) is 3.43. The predicted molar refractivity (Wildman–Crippen MR) is 108 cm³/mol. The molecule has 152 valence electrons. The maximum Gasteiger partial charge on any atom is 0.325 e. The summed E-state index contributed by atoms with van der Waals surface area (Å²) >= 11 is 5.93. The Morgan fingerprint density at radius 2 is 1.93 bits per heavy atom.